The van der Waals surface area contributed by atoms with Gasteiger partial charge in [-0.1, -0.05) is 11.8 Å². The molecule has 8 heteroatoms. The van der Waals surface area contributed by atoms with Crippen LogP contribution in [-0.2, 0) is 4.79 Å². The van der Waals surface area contributed by atoms with Gasteiger partial charge in [0.2, 0.25) is 0 Å². The molecule has 1 aromatic carbocycles. The Morgan fingerprint density at radius 2 is 1.85 bits per heavy atom. The van der Waals surface area contributed by atoms with Crippen molar-refractivity contribution in [2.75, 3.05) is 6.61 Å². The Hall–Kier alpha value is -2.88. The van der Waals surface area contributed by atoms with Crippen LogP contribution in [0.15, 0.2) is 24.3 Å². The summed E-state index contributed by atoms with van der Waals surface area (Å²) in [6, 6.07) is 5.15. The maximum absolute atomic E-state index is 12.3. The average molecular weight is 373 g/mol. The number of nitrogens with two attached hydrogens (primary N) is 1. The van der Waals surface area contributed by atoms with Crippen LogP contribution in [0.2, 0.25) is 0 Å². The lowest BCUT2D eigenvalue weighted by Crippen LogP contribution is -2.61. The number of amides is 2. The number of aliphatic hydroxyl groups is 2. The van der Waals surface area contributed by atoms with Crippen molar-refractivity contribution in [3.8, 4) is 23.7 Å². The summed E-state index contributed by atoms with van der Waals surface area (Å²) in [6.45, 7) is 2.74. The molecule has 8 nitrogen and oxygen atoms in total. The maximum atomic E-state index is 12.3. The Kier molecular flexibility index (Phi) is 8.46. The van der Waals surface area contributed by atoms with E-state index in [-0.39, 0.29) is 18.6 Å². The van der Waals surface area contributed by atoms with Crippen molar-refractivity contribution in [3.05, 3.63) is 35.4 Å². The zero-order valence-corrected chi connectivity index (χ0v) is 15.1. The summed E-state index contributed by atoms with van der Waals surface area (Å²) in [5, 5.41) is 29.1. The number of hydrogen-bond acceptors (Lipinski definition) is 6. The van der Waals surface area contributed by atoms with Crippen molar-refractivity contribution in [1.82, 2.24) is 10.8 Å². The number of benzene rings is 1. The van der Waals surface area contributed by atoms with Gasteiger partial charge in [-0.2, -0.15) is 0 Å². The standard InChI is InChI=1S/C19H23N3O5/c1-19(2,20)16(18(26)22-27)21-17(25)14-10-8-13(9-11-14)6-4-3-5-7-15(24)12-23/h8-11,15-16,23-24,27H,7,12,20H2,1-2H3,(H,21,25)(H,22,26). The van der Waals surface area contributed by atoms with Gasteiger partial charge in [0, 0.05) is 23.1 Å². The number of carbonyl (C=O) groups is 2. The van der Waals surface area contributed by atoms with Crippen LogP contribution in [0, 0.1) is 23.7 Å². The zero-order chi connectivity index (χ0) is 20.4. The Morgan fingerprint density at radius 1 is 1.22 bits per heavy atom. The topological polar surface area (TPSA) is 145 Å². The number of rotatable bonds is 6. The summed E-state index contributed by atoms with van der Waals surface area (Å²) in [5.74, 6) is 9.21. The highest BCUT2D eigenvalue weighted by molar-refractivity contribution is 5.97. The van der Waals surface area contributed by atoms with E-state index in [0.717, 1.165) is 0 Å². The summed E-state index contributed by atoms with van der Waals surface area (Å²) in [7, 11) is 0. The molecule has 0 fully saturated rings. The van der Waals surface area contributed by atoms with Crippen LogP contribution < -0.4 is 16.5 Å². The summed E-state index contributed by atoms with van der Waals surface area (Å²) in [4.78, 5) is 24.0. The molecule has 7 N–H and O–H groups in total. The average Bonchev–Trinajstić information content (AvgIpc) is 2.64. The molecule has 0 bridgehead atoms. The highest BCUT2D eigenvalue weighted by Gasteiger charge is 2.33. The summed E-state index contributed by atoms with van der Waals surface area (Å²) in [5.41, 5.74) is 7.17. The lowest BCUT2D eigenvalue weighted by molar-refractivity contribution is -0.132. The molecule has 0 radical (unpaired) electrons. The molecule has 0 saturated carbocycles. The van der Waals surface area contributed by atoms with E-state index in [1.807, 2.05) is 0 Å². The van der Waals surface area contributed by atoms with Crippen molar-refractivity contribution in [1.29, 1.82) is 0 Å². The Morgan fingerprint density at radius 3 is 2.37 bits per heavy atom. The summed E-state index contributed by atoms with van der Waals surface area (Å²) < 4.78 is 0. The van der Waals surface area contributed by atoms with Gasteiger partial charge in [0.25, 0.3) is 11.8 Å². The second-order valence-corrected chi connectivity index (χ2v) is 6.37. The first-order valence-corrected chi connectivity index (χ1v) is 8.10. The van der Waals surface area contributed by atoms with Gasteiger partial charge in [0.15, 0.2) is 0 Å². The number of hydroxylamine groups is 1. The van der Waals surface area contributed by atoms with Crippen molar-refractivity contribution in [2.24, 2.45) is 5.73 Å². The van der Waals surface area contributed by atoms with E-state index in [9.17, 15) is 9.59 Å². The quantitative estimate of drug-likeness (QED) is 0.217. The minimum Gasteiger partial charge on any atom is -0.394 e. The molecule has 144 valence electrons. The lowest BCUT2D eigenvalue weighted by Gasteiger charge is -2.29. The fourth-order valence-corrected chi connectivity index (χ4v) is 1.95. The molecule has 0 saturated heterocycles. The molecule has 0 heterocycles. The zero-order valence-electron chi connectivity index (χ0n) is 15.1. The molecule has 1 rings (SSSR count). The Balaban J connectivity index is 2.78. The number of carbonyl (C=O) groups excluding carboxylic acids is 2. The van der Waals surface area contributed by atoms with E-state index >= 15 is 0 Å². The highest BCUT2D eigenvalue weighted by Crippen LogP contribution is 2.08. The second-order valence-electron chi connectivity index (χ2n) is 6.37. The van der Waals surface area contributed by atoms with Crippen LogP contribution >= 0.6 is 0 Å². The first-order chi connectivity index (χ1) is 12.7. The van der Waals surface area contributed by atoms with Crippen LogP contribution in [0.1, 0.15) is 36.2 Å². The fourth-order valence-electron chi connectivity index (χ4n) is 1.95. The van der Waals surface area contributed by atoms with Crippen molar-refractivity contribution < 1.29 is 25.0 Å². The Labute approximate surface area is 157 Å². The van der Waals surface area contributed by atoms with Gasteiger partial charge >= 0.3 is 0 Å². The SMILES string of the molecule is CC(C)(N)C(NC(=O)c1ccc(C#CC#CCC(O)CO)cc1)C(=O)NO. The maximum Gasteiger partial charge on any atom is 0.267 e. The summed E-state index contributed by atoms with van der Waals surface area (Å²) in [6.07, 6.45) is -0.753. The molecule has 0 aliphatic rings. The fraction of sp³-hybridized carbons (Fsp3) is 0.368. The van der Waals surface area contributed by atoms with Gasteiger partial charge in [-0.3, -0.25) is 14.8 Å². The molecule has 0 aromatic heterocycles. The number of nitrogens with one attached hydrogen (secondary N) is 2. The first kappa shape index (κ1) is 22.2. The normalized spacial score (nSPS) is 12.5. The molecule has 2 amide bonds. The molecular formula is C19H23N3O5. The van der Waals surface area contributed by atoms with Gasteiger partial charge in [-0.05, 0) is 50.0 Å². The van der Waals surface area contributed by atoms with Gasteiger partial charge in [-0.15, -0.1) is 0 Å². The first-order valence-electron chi connectivity index (χ1n) is 8.10. The lowest BCUT2D eigenvalue weighted by atomic mass is 9.95. The molecular weight excluding hydrogens is 350 g/mol. The van der Waals surface area contributed by atoms with E-state index in [2.05, 4.69) is 29.0 Å². The largest absolute Gasteiger partial charge is 0.394 e. The van der Waals surface area contributed by atoms with E-state index in [0.29, 0.717) is 5.56 Å². The van der Waals surface area contributed by atoms with E-state index in [1.54, 1.807) is 26.0 Å². The minimum absolute atomic E-state index is 0.129. The monoisotopic (exact) mass is 373 g/mol. The van der Waals surface area contributed by atoms with Gasteiger partial charge in [-0.25, -0.2) is 5.48 Å². The summed E-state index contributed by atoms with van der Waals surface area (Å²) >= 11 is 0. The van der Waals surface area contributed by atoms with Crippen molar-refractivity contribution in [3.63, 3.8) is 0 Å². The second kappa shape index (κ2) is 10.3. The third kappa shape index (κ3) is 7.48. The molecule has 1 aromatic rings. The van der Waals surface area contributed by atoms with Gasteiger partial charge in [0.05, 0.1) is 12.7 Å². The molecule has 2 atom stereocenters. The van der Waals surface area contributed by atoms with Crippen LogP contribution in [0.3, 0.4) is 0 Å². The third-order valence-electron chi connectivity index (χ3n) is 3.45. The predicted octanol–water partition coefficient (Wildman–Crippen LogP) is -0.874. The van der Waals surface area contributed by atoms with E-state index in [1.165, 1.54) is 17.6 Å². The molecule has 0 aliphatic heterocycles. The molecule has 0 aliphatic carbocycles. The molecule has 0 spiro atoms. The van der Waals surface area contributed by atoms with Crippen LogP contribution in [0.4, 0.5) is 0 Å². The van der Waals surface area contributed by atoms with E-state index in [4.69, 9.17) is 21.2 Å². The minimum atomic E-state index is -1.13. The number of aliphatic hydroxyl groups excluding tert-OH is 2. The molecule has 2 unspecified atom stereocenters. The van der Waals surface area contributed by atoms with Crippen LogP contribution in [0.25, 0.3) is 0 Å². The highest BCUT2D eigenvalue weighted by atomic mass is 16.5. The van der Waals surface area contributed by atoms with E-state index < -0.39 is 29.5 Å². The molecule has 27 heavy (non-hydrogen) atoms. The van der Waals surface area contributed by atoms with Crippen molar-refractivity contribution >= 4 is 11.8 Å². The van der Waals surface area contributed by atoms with Gasteiger partial charge in [0.1, 0.15) is 6.04 Å². The Bertz CT molecular complexity index is 776. The van der Waals surface area contributed by atoms with Gasteiger partial charge < -0.3 is 21.3 Å². The number of hydrogen-bond donors (Lipinski definition) is 6. The smallest absolute Gasteiger partial charge is 0.267 e. The predicted molar refractivity (Wildman–Crippen MR) is 98.3 cm³/mol. The van der Waals surface area contributed by atoms with Crippen LogP contribution in [-0.4, -0.2) is 51.5 Å². The van der Waals surface area contributed by atoms with Crippen LogP contribution in [0.5, 0.6) is 0 Å². The third-order valence-corrected chi connectivity index (χ3v) is 3.45. The van der Waals surface area contributed by atoms with Crippen molar-refractivity contribution in [2.45, 2.75) is 38.0 Å².